The lowest BCUT2D eigenvalue weighted by atomic mass is 9.97. The van der Waals surface area contributed by atoms with Crippen LogP contribution in [0.1, 0.15) is 42.1 Å². The number of non-ortho nitro benzene ring substituents is 1. The van der Waals surface area contributed by atoms with Gasteiger partial charge in [0.25, 0.3) is 11.6 Å². The van der Waals surface area contributed by atoms with Gasteiger partial charge in [0.15, 0.2) is 0 Å². The van der Waals surface area contributed by atoms with Crippen molar-refractivity contribution in [2.24, 2.45) is 5.92 Å². The molecule has 0 saturated carbocycles. The van der Waals surface area contributed by atoms with Crippen LogP contribution in [-0.2, 0) is 20.9 Å². The number of nitro benzene ring substituents is 1. The van der Waals surface area contributed by atoms with Crippen LogP contribution >= 0.6 is 11.6 Å². The van der Waals surface area contributed by atoms with Crippen molar-refractivity contribution >= 4 is 35.1 Å². The van der Waals surface area contributed by atoms with Crippen LogP contribution in [0.25, 0.3) is 0 Å². The summed E-state index contributed by atoms with van der Waals surface area (Å²) < 4.78 is 5.08. The van der Waals surface area contributed by atoms with Crippen LogP contribution < -0.4 is 0 Å². The van der Waals surface area contributed by atoms with E-state index in [1.165, 1.54) is 17.0 Å². The zero-order chi connectivity index (χ0) is 25.4. The Balaban J connectivity index is 1.68. The van der Waals surface area contributed by atoms with Crippen LogP contribution in [-0.4, -0.2) is 58.7 Å². The van der Waals surface area contributed by atoms with E-state index in [1.54, 1.807) is 11.8 Å². The van der Waals surface area contributed by atoms with Gasteiger partial charge in [-0.3, -0.25) is 24.5 Å². The summed E-state index contributed by atoms with van der Waals surface area (Å²) >= 11 is 6.20. The van der Waals surface area contributed by atoms with Crippen LogP contribution in [0, 0.1) is 16.0 Å². The van der Waals surface area contributed by atoms with Crippen molar-refractivity contribution in [1.29, 1.82) is 0 Å². The van der Waals surface area contributed by atoms with Gasteiger partial charge in [0.05, 0.1) is 28.0 Å². The number of ether oxygens (including phenoxy) is 1. The summed E-state index contributed by atoms with van der Waals surface area (Å²) in [4.78, 5) is 51.8. The van der Waals surface area contributed by atoms with Crippen molar-refractivity contribution in [2.45, 2.75) is 32.7 Å². The van der Waals surface area contributed by atoms with E-state index >= 15 is 0 Å². The number of nitro groups is 1. The molecule has 0 atom stereocenters. The highest BCUT2D eigenvalue weighted by Gasteiger charge is 2.29. The average molecular weight is 502 g/mol. The molecule has 2 aromatic carbocycles. The molecule has 1 heterocycles. The van der Waals surface area contributed by atoms with E-state index in [0.717, 1.165) is 11.6 Å². The van der Waals surface area contributed by atoms with Crippen LogP contribution in [0.4, 0.5) is 5.69 Å². The highest BCUT2D eigenvalue weighted by Crippen LogP contribution is 2.25. The number of carbonyl (C=O) groups excluding carboxylic acids is 3. The molecule has 2 amide bonds. The highest BCUT2D eigenvalue weighted by atomic mass is 35.5. The summed E-state index contributed by atoms with van der Waals surface area (Å²) in [5.74, 6) is -0.936. The Hall–Kier alpha value is -3.46. The summed E-state index contributed by atoms with van der Waals surface area (Å²) in [6.45, 7) is 3.43. The normalized spacial score (nSPS) is 13.8. The van der Waals surface area contributed by atoms with Gasteiger partial charge in [0, 0.05) is 44.7 Å². The number of rotatable bonds is 9. The molecule has 2 aromatic rings. The molecule has 0 aromatic heterocycles. The molecule has 0 N–H and O–H groups in total. The predicted molar refractivity (Wildman–Crippen MR) is 130 cm³/mol. The van der Waals surface area contributed by atoms with Crippen molar-refractivity contribution in [2.75, 3.05) is 26.2 Å². The Morgan fingerprint density at radius 2 is 1.83 bits per heavy atom. The molecule has 0 unspecified atom stereocenters. The predicted octanol–water partition coefficient (Wildman–Crippen LogP) is 4.08. The minimum absolute atomic E-state index is 0.0189. The van der Waals surface area contributed by atoms with E-state index in [2.05, 4.69) is 0 Å². The minimum atomic E-state index is -0.578. The van der Waals surface area contributed by atoms with Crippen molar-refractivity contribution in [3.8, 4) is 0 Å². The lowest BCUT2D eigenvalue weighted by Gasteiger charge is -2.32. The molecule has 186 valence electrons. The second-order valence-electron chi connectivity index (χ2n) is 8.29. The van der Waals surface area contributed by atoms with Gasteiger partial charge in [-0.15, -0.1) is 0 Å². The maximum atomic E-state index is 13.3. The fourth-order valence-corrected chi connectivity index (χ4v) is 4.29. The monoisotopic (exact) mass is 501 g/mol. The highest BCUT2D eigenvalue weighted by molar-refractivity contribution is 6.34. The van der Waals surface area contributed by atoms with Crippen molar-refractivity contribution in [3.63, 3.8) is 0 Å². The molecule has 1 aliphatic heterocycles. The van der Waals surface area contributed by atoms with E-state index in [-0.39, 0.29) is 53.6 Å². The van der Waals surface area contributed by atoms with Gasteiger partial charge >= 0.3 is 5.97 Å². The van der Waals surface area contributed by atoms with E-state index in [0.29, 0.717) is 32.5 Å². The Morgan fingerprint density at radius 1 is 1.14 bits per heavy atom. The summed E-state index contributed by atoms with van der Waals surface area (Å²) in [6, 6.07) is 13.0. The fraction of sp³-hybridized carbons (Fsp3) is 0.400. The van der Waals surface area contributed by atoms with Crippen molar-refractivity contribution < 1.29 is 24.0 Å². The summed E-state index contributed by atoms with van der Waals surface area (Å²) in [5.41, 5.74) is 0.806. The smallest absolute Gasteiger partial charge is 0.309 e. The van der Waals surface area contributed by atoms with Gasteiger partial charge in [-0.25, -0.2) is 0 Å². The first kappa shape index (κ1) is 26.2. The largest absolute Gasteiger partial charge is 0.466 e. The Bertz CT molecular complexity index is 1070. The standard InChI is InChI=1S/C25H28ClN3O6/c1-2-35-25(32)19-10-13-27(14-11-19)23(30)12-15-28(17-18-6-4-3-5-7-18)24(31)21-9-8-20(29(33)34)16-22(21)26/h3-9,16,19H,2,10-15,17H2,1H3. The van der Waals surface area contributed by atoms with Crippen molar-refractivity contribution in [3.05, 3.63) is 74.8 Å². The summed E-state index contributed by atoms with van der Waals surface area (Å²) in [6.07, 6.45) is 1.21. The number of halogens is 1. The summed E-state index contributed by atoms with van der Waals surface area (Å²) in [7, 11) is 0. The molecule has 1 saturated heterocycles. The maximum absolute atomic E-state index is 13.3. The summed E-state index contributed by atoms with van der Waals surface area (Å²) in [5, 5.41) is 11.0. The van der Waals surface area contributed by atoms with Gasteiger partial charge in [-0.2, -0.15) is 0 Å². The van der Waals surface area contributed by atoms with Crippen LogP contribution in [0.2, 0.25) is 5.02 Å². The number of hydrogen-bond donors (Lipinski definition) is 0. The zero-order valence-electron chi connectivity index (χ0n) is 19.5. The van der Waals surface area contributed by atoms with Gasteiger partial charge in [-0.1, -0.05) is 41.9 Å². The average Bonchev–Trinajstić information content (AvgIpc) is 2.86. The second-order valence-corrected chi connectivity index (χ2v) is 8.70. The van der Waals surface area contributed by atoms with Gasteiger partial charge in [-0.05, 0) is 31.4 Å². The Morgan fingerprint density at radius 3 is 2.43 bits per heavy atom. The van der Waals surface area contributed by atoms with Gasteiger partial charge in [0.2, 0.25) is 5.91 Å². The van der Waals surface area contributed by atoms with E-state index < -0.39 is 10.8 Å². The molecule has 0 radical (unpaired) electrons. The Kier molecular flexibility index (Phi) is 9.19. The molecular formula is C25H28ClN3O6. The number of carbonyl (C=O) groups is 3. The molecular weight excluding hydrogens is 474 g/mol. The molecule has 0 bridgehead atoms. The third-order valence-corrected chi connectivity index (χ3v) is 6.27. The first-order valence-corrected chi connectivity index (χ1v) is 11.9. The lowest BCUT2D eigenvalue weighted by Crippen LogP contribution is -2.42. The van der Waals surface area contributed by atoms with Gasteiger partial charge < -0.3 is 14.5 Å². The number of amides is 2. The molecule has 1 fully saturated rings. The second kappa shape index (κ2) is 12.3. The van der Waals surface area contributed by atoms with E-state index in [9.17, 15) is 24.5 Å². The molecule has 0 aliphatic carbocycles. The number of nitrogens with zero attached hydrogens (tertiary/aromatic N) is 3. The lowest BCUT2D eigenvalue weighted by molar-refractivity contribution is -0.384. The van der Waals surface area contributed by atoms with Gasteiger partial charge in [0.1, 0.15) is 0 Å². The van der Waals surface area contributed by atoms with Crippen LogP contribution in [0.15, 0.2) is 48.5 Å². The minimum Gasteiger partial charge on any atom is -0.466 e. The van der Waals surface area contributed by atoms with Crippen LogP contribution in [0.5, 0.6) is 0 Å². The SMILES string of the molecule is CCOC(=O)C1CCN(C(=O)CCN(Cc2ccccc2)C(=O)c2ccc([N+](=O)[O-])cc2Cl)CC1. The Labute approximate surface area is 208 Å². The number of piperidine rings is 1. The quantitative estimate of drug-likeness (QED) is 0.291. The third kappa shape index (κ3) is 7.02. The maximum Gasteiger partial charge on any atom is 0.309 e. The first-order valence-electron chi connectivity index (χ1n) is 11.5. The molecule has 0 spiro atoms. The van der Waals surface area contributed by atoms with Crippen LogP contribution in [0.3, 0.4) is 0 Å². The number of likely N-dealkylation sites (tertiary alicyclic amines) is 1. The topological polar surface area (TPSA) is 110 Å². The van der Waals surface area contributed by atoms with E-state index in [4.69, 9.17) is 16.3 Å². The number of benzene rings is 2. The van der Waals surface area contributed by atoms with Crippen molar-refractivity contribution in [1.82, 2.24) is 9.80 Å². The third-order valence-electron chi connectivity index (χ3n) is 5.96. The molecule has 9 nitrogen and oxygen atoms in total. The first-order chi connectivity index (χ1) is 16.8. The molecule has 1 aliphatic rings. The zero-order valence-corrected chi connectivity index (χ0v) is 20.3. The molecule has 3 rings (SSSR count). The number of esters is 1. The van der Waals surface area contributed by atoms with E-state index in [1.807, 2.05) is 30.3 Å². The molecule has 35 heavy (non-hydrogen) atoms. The fourth-order valence-electron chi connectivity index (χ4n) is 4.03. The molecule has 10 heteroatoms. The number of hydrogen-bond acceptors (Lipinski definition) is 6.